The number of benzene rings is 1. The minimum Gasteiger partial charge on any atom is -0.298 e. The lowest BCUT2D eigenvalue weighted by molar-refractivity contribution is 0.102. The van der Waals surface area contributed by atoms with Gasteiger partial charge in [0.2, 0.25) is 0 Å². The fourth-order valence-corrected chi connectivity index (χ4v) is 2.87. The van der Waals surface area contributed by atoms with E-state index >= 15 is 0 Å². The molecule has 0 saturated heterocycles. The summed E-state index contributed by atoms with van der Waals surface area (Å²) in [7, 11) is 0. The van der Waals surface area contributed by atoms with Crippen molar-refractivity contribution in [3.8, 4) is 0 Å². The average molecular weight is 258 g/mol. The Morgan fingerprint density at radius 3 is 2.89 bits per heavy atom. The molecule has 0 radical (unpaired) electrons. The zero-order valence-corrected chi connectivity index (χ0v) is 11.0. The zero-order chi connectivity index (χ0) is 12.5. The quantitative estimate of drug-likeness (QED) is 0.914. The molecule has 0 spiro atoms. The maximum atomic E-state index is 12.1. The molecule has 3 rings (SSSR count). The summed E-state index contributed by atoms with van der Waals surface area (Å²) in [6.07, 6.45) is 4.40. The van der Waals surface area contributed by atoms with Gasteiger partial charge < -0.3 is 0 Å². The van der Waals surface area contributed by atoms with Crippen molar-refractivity contribution < 1.29 is 4.79 Å². The van der Waals surface area contributed by atoms with Crippen molar-refractivity contribution >= 4 is 22.4 Å². The third-order valence-electron chi connectivity index (χ3n) is 3.11. The lowest BCUT2D eigenvalue weighted by Crippen LogP contribution is -2.12. The van der Waals surface area contributed by atoms with Gasteiger partial charge in [-0.1, -0.05) is 18.2 Å². The third kappa shape index (κ3) is 2.29. The zero-order valence-electron chi connectivity index (χ0n) is 10.1. The molecule has 0 bridgehead atoms. The van der Waals surface area contributed by atoms with E-state index < -0.39 is 0 Å². The summed E-state index contributed by atoms with van der Waals surface area (Å²) >= 11 is 1.59. The molecule has 1 aliphatic rings. The Labute approximate surface area is 110 Å². The van der Waals surface area contributed by atoms with E-state index in [0.29, 0.717) is 16.6 Å². The Hall–Kier alpha value is -1.68. The van der Waals surface area contributed by atoms with Gasteiger partial charge in [-0.15, -0.1) is 11.3 Å². The number of carbonyl (C=O) groups is 1. The van der Waals surface area contributed by atoms with E-state index in [9.17, 15) is 4.79 Å². The molecule has 3 nitrogen and oxygen atoms in total. The summed E-state index contributed by atoms with van der Waals surface area (Å²) in [5.74, 6) is 0.608. The number of carbonyl (C=O) groups excluding carboxylic acids is 1. The van der Waals surface area contributed by atoms with Crippen LogP contribution in [0.4, 0.5) is 5.13 Å². The van der Waals surface area contributed by atoms with Crippen LogP contribution in [-0.2, 0) is 0 Å². The highest BCUT2D eigenvalue weighted by Crippen LogP contribution is 2.43. The van der Waals surface area contributed by atoms with E-state index in [1.807, 2.05) is 37.4 Å². The molecule has 1 aromatic heterocycles. The molecule has 0 aliphatic heterocycles. The Morgan fingerprint density at radius 1 is 1.39 bits per heavy atom. The van der Waals surface area contributed by atoms with Crippen molar-refractivity contribution in [3.05, 3.63) is 46.5 Å². The number of anilines is 1. The molecule has 1 heterocycles. The van der Waals surface area contributed by atoms with Crippen molar-refractivity contribution in [3.63, 3.8) is 0 Å². The number of hydrogen-bond acceptors (Lipinski definition) is 3. The molecule has 1 aromatic carbocycles. The highest BCUT2D eigenvalue weighted by atomic mass is 32.1. The SMILES string of the molecule is Cc1ccccc1C(=O)Nc1ncc(C2CC2)s1. The van der Waals surface area contributed by atoms with Crippen molar-refractivity contribution in [1.82, 2.24) is 4.98 Å². The first kappa shape index (κ1) is 11.4. The first-order valence-electron chi connectivity index (χ1n) is 6.07. The summed E-state index contributed by atoms with van der Waals surface area (Å²) in [5.41, 5.74) is 1.69. The van der Waals surface area contributed by atoms with Crippen LogP contribution in [-0.4, -0.2) is 10.9 Å². The van der Waals surface area contributed by atoms with Gasteiger partial charge in [0.15, 0.2) is 5.13 Å². The Kier molecular flexibility index (Phi) is 2.88. The average Bonchev–Trinajstić information content (AvgIpc) is 3.11. The number of nitrogens with one attached hydrogen (secondary N) is 1. The largest absolute Gasteiger partial charge is 0.298 e. The number of aromatic nitrogens is 1. The highest BCUT2D eigenvalue weighted by molar-refractivity contribution is 7.15. The predicted molar refractivity (Wildman–Crippen MR) is 73.2 cm³/mol. The van der Waals surface area contributed by atoms with Crippen LogP contribution in [0.3, 0.4) is 0 Å². The predicted octanol–water partition coefficient (Wildman–Crippen LogP) is 3.58. The summed E-state index contributed by atoms with van der Waals surface area (Å²) in [6.45, 7) is 1.94. The minimum absolute atomic E-state index is 0.0789. The van der Waals surface area contributed by atoms with Crippen LogP contribution in [0.15, 0.2) is 30.5 Å². The first-order chi connectivity index (χ1) is 8.74. The molecule has 1 aliphatic carbocycles. The molecule has 1 amide bonds. The second kappa shape index (κ2) is 4.53. The molecule has 4 heteroatoms. The van der Waals surface area contributed by atoms with Crippen molar-refractivity contribution in [2.75, 3.05) is 5.32 Å². The van der Waals surface area contributed by atoms with Crippen molar-refractivity contribution in [1.29, 1.82) is 0 Å². The maximum absolute atomic E-state index is 12.1. The Balaban J connectivity index is 1.75. The lowest BCUT2D eigenvalue weighted by atomic mass is 10.1. The number of nitrogens with zero attached hydrogens (tertiary/aromatic N) is 1. The molecule has 1 saturated carbocycles. The van der Waals surface area contributed by atoms with Crippen LogP contribution in [0.5, 0.6) is 0 Å². The summed E-state index contributed by atoms with van der Waals surface area (Å²) < 4.78 is 0. The standard InChI is InChI=1S/C14H14N2OS/c1-9-4-2-3-5-11(9)13(17)16-14-15-8-12(18-14)10-6-7-10/h2-5,8,10H,6-7H2,1H3,(H,15,16,17). The Bertz CT molecular complexity index is 587. The molecule has 2 aromatic rings. The van der Waals surface area contributed by atoms with E-state index in [0.717, 1.165) is 5.56 Å². The number of hydrogen-bond donors (Lipinski definition) is 1. The van der Waals surface area contributed by atoms with E-state index in [1.165, 1.54) is 17.7 Å². The van der Waals surface area contributed by atoms with Gasteiger partial charge in [-0.3, -0.25) is 10.1 Å². The van der Waals surface area contributed by atoms with E-state index in [4.69, 9.17) is 0 Å². The van der Waals surface area contributed by atoms with Gasteiger partial charge in [-0.2, -0.15) is 0 Å². The second-order valence-electron chi connectivity index (χ2n) is 4.61. The highest BCUT2D eigenvalue weighted by Gasteiger charge is 2.26. The summed E-state index contributed by atoms with van der Waals surface area (Å²) in [5, 5.41) is 3.57. The van der Waals surface area contributed by atoms with Gasteiger partial charge in [0.05, 0.1) is 0 Å². The second-order valence-corrected chi connectivity index (χ2v) is 5.67. The number of aryl methyl sites for hydroxylation is 1. The van der Waals surface area contributed by atoms with Crippen molar-refractivity contribution in [2.45, 2.75) is 25.7 Å². The topological polar surface area (TPSA) is 42.0 Å². The molecule has 0 unspecified atom stereocenters. The number of thiazole rings is 1. The fourth-order valence-electron chi connectivity index (χ4n) is 1.89. The fraction of sp³-hybridized carbons (Fsp3) is 0.286. The van der Waals surface area contributed by atoms with Crippen LogP contribution in [0.1, 0.15) is 39.6 Å². The van der Waals surface area contributed by atoms with Gasteiger partial charge in [0.1, 0.15) is 0 Å². The van der Waals surface area contributed by atoms with Crippen LogP contribution < -0.4 is 5.32 Å². The van der Waals surface area contributed by atoms with Gasteiger partial charge in [0.25, 0.3) is 5.91 Å². The van der Waals surface area contributed by atoms with E-state index in [2.05, 4.69) is 10.3 Å². The monoisotopic (exact) mass is 258 g/mol. The molecule has 18 heavy (non-hydrogen) atoms. The molecular weight excluding hydrogens is 244 g/mol. The molecule has 92 valence electrons. The smallest absolute Gasteiger partial charge is 0.257 e. The van der Waals surface area contributed by atoms with Gasteiger partial charge in [-0.05, 0) is 37.3 Å². The van der Waals surface area contributed by atoms with E-state index in [1.54, 1.807) is 11.3 Å². The lowest BCUT2D eigenvalue weighted by Gasteiger charge is -2.04. The normalized spacial score (nSPS) is 14.5. The molecule has 0 atom stereocenters. The van der Waals surface area contributed by atoms with Gasteiger partial charge in [-0.25, -0.2) is 4.98 Å². The molecule has 1 N–H and O–H groups in total. The van der Waals surface area contributed by atoms with Crippen molar-refractivity contribution in [2.24, 2.45) is 0 Å². The van der Waals surface area contributed by atoms with Crippen LogP contribution in [0, 0.1) is 6.92 Å². The number of amides is 1. The Morgan fingerprint density at radius 2 is 2.17 bits per heavy atom. The summed E-state index contributed by atoms with van der Waals surface area (Å²) in [6, 6.07) is 7.58. The maximum Gasteiger partial charge on any atom is 0.257 e. The minimum atomic E-state index is -0.0789. The van der Waals surface area contributed by atoms with Gasteiger partial charge in [0, 0.05) is 16.6 Å². The van der Waals surface area contributed by atoms with Crippen LogP contribution >= 0.6 is 11.3 Å². The third-order valence-corrected chi connectivity index (χ3v) is 4.19. The summed E-state index contributed by atoms with van der Waals surface area (Å²) in [4.78, 5) is 17.6. The van der Waals surface area contributed by atoms with Crippen LogP contribution in [0.25, 0.3) is 0 Å². The van der Waals surface area contributed by atoms with E-state index in [-0.39, 0.29) is 5.91 Å². The van der Waals surface area contributed by atoms with Crippen LogP contribution in [0.2, 0.25) is 0 Å². The van der Waals surface area contributed by atoms with Gasteiger partial charge >= 0.3 is 0 Å². The molecular formula is C14H14N2OS. The first-order valence-corrected chi connectivity index (χ1v) is 6.88. The molecule has 1 fully saturated rings. The number of rotatable bonds is 3.